The van der Waals surface area contributed by atoms with Crippen molar-refractivity contribution in [2.24, 2.45) is 5.92 Å². The van der Waals surface area contributed by atoms with Crippen molar-refractivity contribution in [3.63, 3.8) is 0 Å². The largest absolute Gasteiger partial charge is 0.388 e. The molecule has 2 rings (SSSR count). The Balaban J connectivity index is 1.78. The average molecular weight is 233 g/mol. The Morgan fingerprint density at radius 1 is 1.35 bits per heavy atom. The zero-order chi connectivity index (χ0) is 12.1. The van der Waals surface area contributed by atoms with E-state index in [1.54, 1.807) is 0 Å². The summed E-state index contributed by atoms with van der Waals surface area (Å²) in [7, 11) is 0. The Labute approximate surface area is 104 Å². The first kappa shape index (κ1) is 12.6. The first-order valence-electron chi connectivity index (χ1n) is 6.71. The number of nitrogens with zero attached hydrogens (tertiary/aromatic N) is 1. The summed E-state index contributed by atoms with van der Waals surface area (Å²) in [4.78, 5) is 2.49. The second kappa shape index (κ2) is 6.18. The molecule has 0 radical (unpaired) electrons. The highest BCUT2D eigenvalue weighted by Crippen LogP contribution is 2.19. The van der Waals surface area contributed by atoms with Gasteiger partial charge in [-0.05, 0) is 37.3 Å². The molecule has 1 saturated heterocycles. The van der Waals surface area contributed by atoms with Crippen molar-refractivity contribution in [2.45, 2.75) is 32.3 Å². The highest BCUT2D eigenvalue weighted by atomic mass is 16.3. The summed E-state index contributed by atoms with van der Waals surface area (Å²) in [6, 6.07) is 9.97. The van der Waals surface area contributed by atoms with Crippen LogP contribution < -0.4 is 0 Å². The van der Waals surface area contributed by atoms with Crippen LogP contribution in [0.2, 0.25) is 0 Å². The minimum Gasteiger partial charge on any atom is -0.388 e. The zero-order valence-electron chi connectivity index (χ0n) is 10.7. The van der Waals surface area contributed by atoms with Crippen molar-refractivity contribution in [3.8, 4) is 0 Å². The third kappa shape index (κ3) is 3.83. The second-order valence-corrected chi connectivity index (χ2v) is 5.26. The van der Waals surface area contributed by atoms with Crippen LogP contribution in [0.3, 0.4) is 0 Å². The standard InChI is InChI=1S/C15H23NO/c1-13-6-5-10-16(12-13)11-9-15(17)14-7-3-2-4-8-14/h2-4,7-8,13,15,17H,5-6,9-12H2,1H3/t13-,15+/m0/s1. The maximum Gasteiger partial charge on any atom is 0.0802 e. The van der Waals surface area contributed by atoms with Gasteiger partial charge in [-0.25, -0.2) is 0 Å². The number of likely N-dealkylation sites (tertiary alicyclic amines) is 1. The molecule has 1 heterocycles. The lowest BCUT2D eigenvalue weighted by Gasteiger charge is -2.31. The first-order valence-corrected chi connectivity index (χ1v) is 6.71. The molecule has 94 valence electrons. The summed E-state index contributed by atoms with van der Waals surface area (Å²) in [5.41, 5.74) is 1.04. The third-order valence-electron chi connectivity index (χ3n) is 3.64. The highest BCUT2D eigenvalue weighted by Gasteiger charge is 2.17. The fourth-order valence-corrected chi connectivity index (χ4v) is 2.64. The van der Waals surface area contributed by atoms with Crippen molar-refractivity contribution in [3.05, 3.63) is 35.9 Å². The van der Waals surface area contributed by atoms with Crippen LogP contribution in [0.25, 0.3) is 0 Å². The number of hydrogen-bond acceptors (Lipinski definition) is 2. The number of aliphatic hydroxyl groups excluding tert-OH is 1. The van der Waals surface area contributed by atoms with Gasteiger partial charge in [-0.1, -0.05) is 37.3 Å². The number of benzene rings is 1. The fourth-order valence-electron chi connectivity index (χ4n) is 2.64. The van der Waals surface area contributed by atoms with Crippen LogP contribution in [0.15, 0.2) is 30.3 Å². The molecule has 1 aliphatic rings. The normalized spacial score (nSPS) is 23.5. The van der Waals surface area contributed by atoms with Gasteiger partial charge in [0.2, 0.25) is 0 Å². The van der Waals surface area contributed by atoms with Crippen LogP contribution >= 0.6 is 0 Å². The number of aliphatic hydroxyl groups is 1. The SMILES string of the molecule is C[C@H]1CCCN(CC[C@@H](O)c2ccccc2)C1. The molecular formula is C15H23NO. The van der Waals surface area contributed by atoms with Gasteiger partial charge in [0.05, 0.1) is 6.10 Å². The molecule has 0 bridgehead atoms. The molecule has 0 unspecified atom stereocenters. The number of piperidine rings is 1. The summed E-state index contributed by atoms with van der Waals surface area (Å²) in [5.74, 6) is 0.817. The molecule has 1 aliphatic heterocycles. The molecule has 0 amide bonds. The van der Waals surface area contributed by atoms with E-state index in [-0.39, 0.29) is 6.10 Å². The molecule has 1 aromatic carbocycles. The predicted molar refractivity (Wildman–Crippen MR) is 70.9 cm³/mol. The lowest BCUT2D eigenvalue weighted by atomic mass is 9.99. The van der Waals surface area contributed by atoms with E-state index in [1.807, 2.05) is 30.3 Å². The zero-order valence-corrected chi connectivity index (χ0v) is 10.7. The van der Waals surface area contributed by atoms with Gasteiger partial charge < -0.3 is 10.0 Å². The van der Waals surface area contributed by atoms with Crippen LogP contribution in [0, 0.1) is 5.92 Å². The van der Waals surface area contributed by atoms with Crippen LogP contribution in [-0.2, 0) is 0 Å². The molecule has 0 aliphatic carbocycles. The first-order chi connectivity index (χ1) is 8.25. The van der Waals surface area contributed by atoms with E-state index in [9.17, 15) is 5.11 Å². The Morgan fingerprint density at radius 3 is 2.82 bits per heavy atom. The van der Waals surface area contributed by atoms with Crippen LogP contribution in [0.5, 0.6) is 0 Å². The van der Waals surface area contributed by atoms with Crippen LogP contribution in [0.4, 0.5) is 0 Å². The minimum absolute atomic E-state index is 0.312. The molecule has 0 spiro atoms. The van der Waals surface area contributed by atoms with Gasteiger partial charge in [0.15, 0.2) is 0 Å². The van der Waals surface area contributed by atoms with Gasteiger partial charge in [-0.15, -0.1) is 0 Å². The topological polar surface area (TPSA) is 23.5 Å². The molecular weight excluding hydrogens is 210 g/mol. The Bertz CT molecular complexity index is 325. The van der Waals surface area contributed by atoms with Gasteiger partial charge in [0.1, 0.15) is 0 Å². The quantitative estimate of drug-likeness (QED) is 0.864. The third-order valence-corrected chi connectivity index (χ3v) is 3.64. The van der Waals surface area contributed by atoms with Crippen molar-refractivity contribution in [1.29, 1.82) is 0 Å². The van der Waals surface area contributed by atoms with E-state index >= 15 is 0 Å². The summed E-state index contributed by atoms with van der Waals surface area (Å²) >= 11 is 0. The van der Waals surface area contributed by atoms with Gasteiger partial charge in [-0.3, -0.25) is 0 Å². The van der Waals surface area contributed by atoms with Crippen molar-refractivity contribution in [1.82, 2.24) is 4.90 Å². The Hall–Kier alpha value is -0.860. The Kier molecular flexibility index (Phi) is 4.57. The van der Waals surface area contributed by atoms with Crippen LogP contribution in [-0.4, -0.2) is 29.6 Å². The lowest BCUT2D eigenvalue weighted by molar-refractivity contribution is 0.122. The van der Waals surface area contributed by atoms with E-state index in [4.69, 9.17) is 0 Å². The summed E-state index contributed by atoms with van der Waals surface area (Å²) in [6.07, 6.45) is 3.20. The number of hydrogen-bond donors (Lipinski definition) is 1. The molecule has 1 aromatic rings. The summed E-state index contributed by atoms with van der Waals surface area (Å²) in [5, 5.41) is 10.1. The van der Waals surface area contributed by atoms with E-state index in [2.05, 4.69) is 11.8 Å². The van der Waals surface area contributed by atoms with Gasteiger partial charge in [0, 0.05) is 13.1 Å². The molecule has 2 atom stereocenters. The van der Waals surface area contributed by atoms with E-state index in [0.717, 1.165) is 24.4 Å². The molecule has 2 nitrogen and oxygen atoms in total. The molecule has 1 fully saturated rings. The number of rotatable bonds is 4. The predicted octanol–water partition coefficient (Wildman–Crippen LogP) is 2.84. The monoisotopic (exact) mass is 233 g/mol. The van der Waals surface area contributed by atoms with Gasteiger partial charge in [0.25, 0.3) is 0 Å². The molecule has 1 N–H and O–H groups in total. The van der Waals surface area contributed by atoms with E-state index < -0.39 is 0 Å². The molecule has 2 heteroatoms. The van der Waals surface area contributed by atoms with E-state index in [1.165, 1.54) is 25.9 Å². The van der Waals surface area contributed by atoms with Gasteiger partial charge >= 0.3 is 0 Å². The summed E-state index contributed by atoms with van der Waals surface area (Å²) < 4.78 is 0. The maximum absolute atomic E-state index is 10.1. The smallest absolute Gasteiger partial charge is 0.0802 e. The summed E-state index contributed by atoms with van der Waals surface area (Å²) in [6.45, 7) is 5.73. The van der Waals surface area contributed by atoms with E-state index in [0.29, 0.717) is 0 Å². The molecule has 0 saturated carbocycles. The molecule has 0 aromatic heterocycles. The van der Waals surface area contributed by atoms with Crippen LogP contribution in [0.1, 0.15) is 37.9 Å². The molecule has 17 heavy (non-hydrogen) atoms. The Morgan fingerprint density at radius 2 is 2.12 bits per heavy atom. The van der Waals surface area contributed by atoms with Crippen molar-refractivity contribution < 1.29 is 5.11 Å². The lowest BCUT2D eigenvalue weighted by Crippen LogP contribution is -2.35. The maximum atomic E-state index is 10.1. The van der Waals surface area contributed by atoms with Crippen molar-refractivity contribution in [2.75, 3.05) is 19.6 Å². The fraction of sp³-hybridized carbons (Fsp3) is 0.600. The average Bonchev–Trinajstić information content (AvgIpc) is 2.37. The highest BCUT2D eigenvalue weighted by molar-refractivity contribution is 5.17. The minimum atomic E-state index is -0.312. The van der Waals surface area contributed by atoms with Gasteiger partial charge in [-0.2, -0.15) is 0 Å². The second-order valence-electron chi connectivity index (χ2n) is 5.26. The van der Waals surface area contributed by atoms with Crippen molar-refractivity contribution >= 4 is 0 Å².